The van der Waals surface area contributed by atoms with Gasteiger partial charge in [0.15, 0.2) is 6.10 Å². The molecular formula is C9H9F3O2. The molecule has 2 N–H and O–H groups in total. The highest BCUT2D eigenvalue weighted by molar-refractivity contribution is 5.29. The van der Waals surface area contributed by atoms with Gasteiger partial charge in [-0.1, -0.05) is 24.3 Å². The Hall–Kier alpha value is -1.07. The number of hydrogen-bond acceptors (Lipinski definition) is 2. The summed E-state index contributed by atoms with van der Waals surface area (Å²) in [5.74, 6) is 0. The first-order valence-corrected chi connectivity index (χ1v) is 3.90. The van der Waals surface area contributed by atoms with Gasteiger partial charge in [0.1, 0.15) is 0 Å². The zero-order chi connectivity index (χ0) is 10.8. The molecule has 0 heterocycles. The zero-order valence-electron chi connectivity index (χ0n) is 7.12. The lowest BCUT2D eigenvalue weighted by Gasteiger charge is -2.17. The van der Waals surface area contributed by atoms with Crippen LogP contribution in [0.2, 0.25) is 0 Å². The van der Waals surface area contributed by atoms with E-state index in [-0.39, 0.29) is 11.1 Å². The van der Waals surface area contributed by atoms with E-state index in [9.17, 15) is 13.2 Å². The fourth-order valence-corrected chi connectivity index (χ4v) is 1.12. The Balaban J connectivity index is 3.06. The van der Waals surface area contributed by atoms with Crippen molar-refractivity contribution in [1.29, 1.82) is 0 Å². The Morgan fingerprint density at radius 2 is 1.79 bits per heavy atom. The van der Waals surface area contributed by atoms with Gasteiger partial charge in [-0.25, -0.2) is 0 Å². The molecule has 5 heteroatoms. The van der Waals surface area contributed by atoms with Crippen LogP contribution < -0.4 is 0 Å². The third-order valence-corrected chi connectivity index (χ3v) is 1.83. The molecule has 14 heavy (non-hydrogen) atoms. The van der Waals surface area contributed by atoms with Crippen LogP contribution in [0.3, 0.4) is 0 Å². The summed E-state index contributed by atoms with van der Waals surface area (Å²) in [5, 5.41) is 17.7. The quantitative estimate of drug-likeness (QED) is 0.774. The second kappa shape index (κ2) is 3.98. The summed E-state index contributed by atoms with van der Waals surface area (Å²) in [7, 11) is 0. The van der Waals surface area contributed by atoms with E-state index < -0.39 is 18.9 Å². The van der Waals surface area contributed by atoms with Gasteiger partial charge in [0.05, 0.1) is 6.61 Å². The van der Waals surface area contributed by atoms with Gasteiger partial charge in [-0.15, -0.1) is 0 Å². The zero-order valence-corrected chi connectivity index (χ0v) is 7.12. The van der Waals surface area contributed by atoms with Crippen LogP contribution in [0.25, 0.3) is 0 Å². The van der Waals surface area contributed by atoms with Gasteiger partial charge in [-0.05, 0) is 11.1 Å². The van der Waals surface area contributed by atoms with Crippen molar-refractivity contribution in [3.05, 3.63) is 35.4 Å². The molecule has 1 atom stereocenters. The first kappa shape index (κ1) is 11.0. The van der Waals surface area contributed by atoms with Crippen LogP contribution in [0.5, 0.6) is 0 Å². The van der Waals surface area contributed by atoms with Gasteiger partial charge in [-0.2, -0.15) is 13.2 Å². The van der Waals surface area contributed by atoms with Crippen LogP contribution in [-0.4, -0.2) is 16.4 Å². The lowest BCUT2D eigenvalue weighted by Crippen LogP contribution is -2.21. The van der Waals surface area contributed by atoms with Gasteiger partial charge < -0.3 is 10.2 Å². The molecule has 0 radical (unpaired) electrons. The summed E-state index contributed by atoms with van der Waals surface area (Å²) in [6.07, 6.45) is -7.24. The van der Waals surface area contributed by atoms with Crippen molar-refractivity contribution >= 4 is 0 Å². The third kappa shape index (κ3) is 2.24. The van der Waals surface area contributed by atoms with Crippen LogP contribution in [0.4, 0.5) is 13.2 Å². The molecule has 0 saturated heterocycles. The van der Waals surface area contributed by atoms with Gasteiger partial charge in [0.2, 0.25) is 0 Å². The molecular weight excluding hydrogens is 197 g/mol. The number of alkyl halides is 3. The predicted molar refractivity (Wildman–Crippen MR) is 43.4 cm³/mol. The fraction of sp³-hybridized carbons (Fsp3) is 0.333. The number of aliphatic hydroxyl groups is 2. The molecule has 0 fully saturated rings. The van der Waals surface area contributed by atoms with E-state index in [1.165, 1.54) is 18.2 Å². The summed E-state index contributed by atoms with van der Waals surface area (Å²) >= 11 is 0. The van der Waals surface area contributed by atoms with Gasteiger partial charge in [0, 0.05) is 0 Å². The summed E-state index contributed by atoms with van der Waals surface area (Å²) in [4.78, 5) is 0. The Bertz CT molecular complexity index is 309. The van der Waals surface area contributed by atoms with Crippen LogP contribution in [0, 0.1) is 0 Å². The monoisotopic (exact) mass is 206 g/mol. The van der Waals surface area contributed by atoms with Crippen LogP contribution in [0.1, 0.15) is 17.2 Å². The van der Waals surface area contributed by atoms with E-state index in [0.717, 1.165) is 6.07 Å². The van der Waals surface area contributed by atoms with Gasteiger partial charge >= 0.3 is 6.18 Å². The summed E-state index contributed by atoms with van der Waals surface area (Å²) in [6.45, 7) is -0.524. The Morgan fingerprint density at radius 3 is 2.29 bits per heavy atom. The largest absolute Gasteiger partial charge is 0.418 e. The standard InChI is InChI=1S/C9H9F3O2/c10-9(11,12)8(14)7-4-2-1-3-6(7)5-13/h1-4,8,13-14H,5H2/t8-/m1/s1. The summed E-state index contributed by atoms with van der Waals surface area (Å²) in [5.41, 5.74) is -0.222. The molecule has 1 aromatic carbocycles. The second-order valence-corrected chi connectivity index (χ2v) is 2.80. The molecule has 0 aliphatic rings. The van der Waals surface area contributed by atoms with Crippen molar-refractivity contribution in [3.8, 4) is 0 Å². The van der Waals surface area contributed by atoms with E-state index >= 15 is 0 Å². The first-order valence-electron chi connectivity index (χ1n) is 3.90. The van der Waals surface area contributed by atoms with Crippen molar-refractivity contribution in [1.82, 2.24) is 0 Å². The molecule has 0 amide bonds. The molecule has 2 nitrogen and oxygen atoms in total. The van der Waals surface area contributed by atoms with Crippen molar-refractivity contribution in [2.45, 2.75) is 18.9 Å². The van der Waals surface area contributed by atoms with Crippen molar-refractivity contribution in [3.63, 3.8) is 0 Å². The molecule has 0 aromatic heterocycles. The number of halogens is 3. The molecule has 1 rings (SSSR count). The lowest BCUT2D eigenvalue weighted by molar-refractivity contribution is -0.207. The van der Waals surface area contributed by atoms with Crippen molar-refractivity contribution < 1.29 is 23.4 Å². The molecule has 0 saturated carbocycles. The number of hydrogen-bond donors (Lipinski definition) is 2. The Labute approximate surface area is 78.6 Å². The molecule has 0 aliphatic carbocycles. The first-order chi connectivity index (χ1) is 6.46. The Kier molecular flexibility index (Phi) is 3.13. The Morgan fingerprint density at radius 1 is 1.21 bits per heavy atom. The maximum Gasteiger partial charge on any atom is 0.418 e. The van der Waals surface area contributed by atoms with E-state index in [1.807, 2.05) is 0 Å². The smallest absolute Gasteiger partial charge is 0.392 e. The minimum atomic E-state index is -4.70. The average Bonchev–Trinajstić information content (AvgIpc) is 2.15. The molecule has 0 aliphatic heterocycles. The van der Waals surface area contributed by atoms with Crippen molar-refractivity contribution in [2.24, 2.45) is 0 Å². The minimum Gasteiger partial charge on any atom is -0.392 e. The topological polar surface area (TPSA) is 40.5 Å². The molecule has 0 spiro atoms. The van der Waals surface area contributed by atoms with E-state index in [2.05, 4.69) is 0 Å². The predicted octanol–water partition coefficient (Wildman–Crippen LogP) is 1.77. The maximum atomic E-state index is 12.1. The van der Waals surface area contributed by atoms with Crippen LogP contribution in [-0.2, 0) is 6.61 Å². The SMILES string of the molecule is OCc1ccccc1[C@@H](O)C(F)(F)F. The van der Waals surface area contributed by atoms with Gasteiger partial charge in [0.25, 0.3) is 0 Å². The minimum absolute atomic E-state index is 0.0809. The molecule has 0 unspecified atom stereocenters. The molecule has 0 bridgehead atoms. The fourth-order valence-electron chi connectivity index (χ4n) is 1.12. The highest BCUT2D eigenvalue weighted by atomic mass is 19.4. The normalized spacial score (nSPS) is 14.1. The maximum absolute atomic E-state index is 12.1. The molecule has 1 aromatic rings. The number of rotatable bonds is 2. The van der Waals surface area contributed by atoms with E-state index in [0.29, 0.717) is 0 Å². The van der Waals surface area contributed by atoms with Crippen molar-refractivity contribution in [2.75, 3.05) is 0 Å². The second-order valence-electron chi connectivity index (χ2n) is 2.80. The summed E-state index contributed by atoms with van der Waals surface area (Å²) in [6, 6.07) is 5.36. The lowest BCUT2D eigenvalue weighted by atomic mass is 10.0. The van der Waals surface area contributed by atoms with Gasteiger partial charge in [-0.3, -0.25) is 0 Å². The van der Waals surface area contributed by atoms with E-state index in [4.69, 9.17) is 10.2 Å². The molecule has 78 valence electrons. The van der Waals surface area contributed by atoms with Crippen LogP contribution >= 0.6 is 0 Å². The summed E-state index contributed by atoms with van der Waals surface area (Å²) < 4.78 is 36.4. The highest BCUT2D eigenvalue weighted by Gasteiger charge is 2.40. The van der Waals surface area contributed by atoms with Crippen LogP contribution in [0.15, 0.2) is 24.3 Å². The third-order valence-electron chi connectivity index (χ3n) is 1.83. The van der Waals surface area contributed by atoms with E-state index in [1.54, 1.807) is 0 Å². The number of aliphatic hydroxyl groups excluding tert-OH is 2. The number of benzene rings is 1. The average molecular weight is 206 g/mol. The highest BCUT2D eigenvalue weighted by Crippen LogP contribution is 2.33.